The van der Waals surface area contributed by atoms with Crippen LogP contribution in [0.25, 0.3) is 0 Å². The average molecular weight is 487 g/mol. The first-order valence-electron chi connectivity index (χ1n) is 12.2. The lowest BCUT2D eigenvalue weighted by atomic mass is 9.93. The first-order chi connectivity index (χ1) is 16.4. The number of likely N-dealkylation sites (tertiary alicyclic amines) is 1. The number of ether oxygens (including phenoxy) is 2. The van der Waals surface area contributed by atoms with Crippen LogP contribution in [0.15, 0.2) is 53.4 Å². The molecule has 0 atom stereocenters. The molecule has 2 aromatic rings. The van der Waals surface area contributed by atoms with Crippen LogP contribution in [-0.2, 0) is 14.8 Å². The maximum absolute atomic E-state index is 13.1. The van der Waals surface area contributed by atoms with Gasteiger partial charge in [0, 0.05) is 32.1 Å². The van der Waals surface area contributed by atoms with Crippen molar-refractivity contribution in [2.24, 2.45) is 11.8 Å². The first kappa shape index (κ1) is 24.5. The van der Waals surface area contributed by atoms with Crippen LogP contribution >= 0.6 is 0 Å². The monoisotopic (exact) mass is 486 g/mol. The SMILES string of the molecule is CCOc1ccc(Oc2ccc(S(=O)(=O)N3CCC(C(=O)N4CCC(C)CC4)CC3)cc2)cc1. The molecule has 0 N–H and O–H groups in total. The maximum atomic E-state index is 13.1. The lowest BCUT2D eigenvalue weighted by molar-refractivity contribution is -0.138. The maximum Gasteiger partial charge on any atom is 0.243 e. The number of benzene rings is 2. The van der Waals surface area contributed by atoms with Crippen molar-refractivity contribution in [2.75, 3.05) is 32.8 Å². The molecule has 2 aliphatic rings. The van der Waals surface area contributed by atoms with Gasteiger partial charge in [-0.1, -0.05) is 6.92 Å². The molecule has 2 aromatic carbocycles. The zero-order valence-corrected chi connectivity index (χ0v) is 20.8. The van der Waals surface area contributed by atoms with Gasteiger partial charge in [-0.25, -0.2) is 8.42 Å². The molecule has 2 heterocycles. The highest BCUT2D eigenvalue weighted by atomic mass is 32.2. The summed E-state index contributed by atoms with van der Waals surface area (Å²) in [5, 5.41) is 0. The second kappa shape index (κ2) is 10.8. The molecule has 184 valence electrons. The Morgan fingerprint density at radius 2 is 1.38 bits per heavy atom. The van der Waals surface area contributed by atoms with E-state index >= 15 is 0 Å². The molecule has 0 aromatic heterocycles. The van der Waals surface area contributed by atoms with Gasteiger partial charge in [-0.2, -0.15) is 4.31 Å². The van der Waals surface area contributed by atoms with E-state index < -0.39 is 10.0 Å². The van der Waals surface area contributed by atoms with Gasteiger partial charge < -0.3 is 14.4 Å². The summed E-state index contributed by atoms with van der Waals surface area (Å²) in [6, 6.07) is 13.8. The minimum absolute atomic E-state index is 0.0789. The van der Waals surface area contributed by atoms with Crippen molar-refractivity contribution in [3.8, 4) is 17.2 Å². The summed E-state index contributed by atoms with van der Waals surface area (Å²) in [7, 11) is -3.61. The standard InChI is InChI=1S/C26H34N2O5S/c1-3-32-22-4-6-23(7-5-22)33-24-8-10-25(11-9-24)34(30,31)28-18-14-21(15-19-28)26(29)27-16-12-20(2)13-17-27/h4-11,20-21H,3,12-19H2,1-2H3. The average Bonchev–Trinajstić information content (AvgIpc) is 2.86. The first-order valence-corrected chi connectivity index (χ1v) is 13.6. The van der Waals surface area contributed by atoms with E-state index in [-0.39, 0.29) is 16.7 Å². The zero-order chi connectivity index (χ0) is 24.1. The summed E-state index contributed by atoms with van der Waals surface area (Å²) in [6.07, 6.45) is 3.25. The van der Waals surface area contributed by atoms with Crippen molar-refractivity contribution in [1.82, 2.24) is 9.21 Å². The van der Waals surface area contributed by atoms with E-state index in [0.29, 0.717) is 50.0 Å². The number of rotatable bonds is 7. The number of carbonyl (C=O) groups excluding carboxylic acids is 1. The fourth-order valence-electron chi connectivity index (χ4n) is 4.57. The van der Waals surface area contributed by atoms with E-state index in [2.05, 4.69) is 6.92 Å². The van der Waals surface area contributed by atoms with Crippen LogP contribution in [0.5, 0.6) is 17.2 Å². The highest BCUT2D eigenvalue weighted by Crippen LogP contribution is 2.29. The molecule has 0 saturated carbocycles. The number of nitrogens with zero attached hydrogens (tertiary/aromatic N) is 2. The minimum Gasteiger partial charge on any atom is -0.494 e. The van der Waals surface area contributed by atoms with Crippen molar-refractivity contribution in [2.45, 2.75) is 44.4 Å². The van der Waals surface area contributed by atoms with Gasteiger partial charge in [-0.3, -0.25) is 4.79 Å². The zero-order valence-electron chi connectivity index (χ0n) is 20.0. The van der Waals surface area contributed by atoms with Gasteiger partial charge in [0.05, 0.1) is 11.5 Å². The van der Waals surface area contributed by atoms with E-state index in [9.17, 15) is 13.2 Å². The summed E-state index contributed by atoms with van der Waals surface area (Å²) >= 11 is 0. The molecule has 1 amide bonds. The van der Waals surface area contributed by atoms with Gasteiger partial charge in [-0.05, 0) is 87.1 Å². The van der Waals surface area contributed by atoms with Crippen LogP contribution in [-0.4, -0.2) is 56.3 Å². The van der Waals surface area contributed by atoms with Crippen molar-refractivity contribution in [3.63, 3.8) is 0 Å². The molecule has 0 unspecified atom stereocenters. The Morgan fingerprint density at radius 3 is 1.94 bits per heavy atom. The predicted octanol–water partition coefficient (Wildman–Crippen LogP) is 4.54. The Bertz CT molecular complexity index is 1050. The third-order valence-electron chi connectivity index (χ3n) is 6.73. The number of hydrogen-bond donors (Lipinski definition) is 0. The number of hydrogen-bond acceptors (Lipinski definition) is 5. The minimum atomic E-state index is -3.61. The summed E-state index contributed by atoms with van der Waals surface area (Å²) in [5.74, 6) is 2.77. The van der Waals surface area contributed by atoms with Crippen molar-refractivity contribution in [3.05, 3.63) is 48.5 Å². The number of piperidine rings is 2. The molecule has 7 nitrogen and oxygen atoms in total. The van der Waals surface area contributed by atoms with Crippen LogP contribution in [0, 0.1) is 11.8 Å². The number of sulfonamides is 1. The number of carbonyl (C=O) groups is 1. The fourth-order valence-corrected chi connectivity index (χ4v) is 6.04. The van der Waals surface area contributed by atoms with E-state index in [1.165, 1.54) is 4.31 Å². The normalized spacial score (nSPS) is 18.6. The van der Waals surface area contributed by atoms with Gasteiger partial charge in [-0.15, -0.1) is 0 Å². The Kier molecular flexibility index (Phi) is 7.78. The highest BCUT2D eigenvalue weighted by molar-refractivity contribution is 7.89. The Hall–Kier alpha value is -2.58. The van der Waals surface area contributed by atoms with E-state index in [1.54, 1.807) is 24.3 Å². The molecule has 8 heteroatoms. The molecular formula is C26H34N2O5S. The second-order valence-corrected chi connectivity index (χ2v) is 11.1. The van der Waals surface area contributed by atoms with Crippen molar-refractivity contribution < 1.29 is 22.7 Å². The topological polar surface area (TPSA) is 76.1 Å². The molecule has 0 bridgehead atoms. The molecule has 0 aliphatic carbocycles. The quantitative estimate of drug-likeness (QED) is 0.574. The van der Waals surface area contributed by atoms with Crippen LogP contribution in [0.1, 0.15) is 39.5 Å². The van der Waals surface area contributed by atoms with Gasteiger partial charge >= 0.3 is 0 Å². The molecule has 0 spiro atoms. The summed E-state index contributed by atoms with van der Waals surface area (Å²) in [4.78, 5) is 15.1. The van der Waals surface area contributed by atoms with Gasteiger partial charge in [0.15, 0.2) is 0 Å². The lowest BCUT2D eigenvalue weighted by Gasteiger charge is -2.36. The second-order valence-electron chi connectivity index (χ2n) is 9.16. The molecule has 2 saturated heterocycles. The summed E-state index contributed by atoms with van der Waals surface area (Å²) < 4.78 is 39.0. The third kappa shape index (κ3) is 5.73. The number of amides is 1. The third-order valence-corrected chi connectivity index (χ3v) is 8.64. The molecule has 34 heavy (non-hydrogen) atoms. The fraction of sp³-hybridized carbons (Fsp3) is 0.500. The smallest absolute Gasteiger partial charge is 0.243 e. The predicted molar refractivity (Wildman–Crippen MR) is 131 cm³/mol. The van der Waals surface area contributed by atoms with E-state index in [1.807, 2.05) is 36.1 Å². The molecule has 2 fully saturated rings. The van der Waals surface area contributed by atoms with Crippen LogP contribution in [0.4, 0.5) is 0 Å². The Balaban J connectivity index is 1.33. The Morgan fingerprint density at radius 1 is 0.853 bits per heavy atom. The molecular weight excluding hydrogens is 452 g/mol. The summed E-state index contributed by atoms with van der Waals surface area (Å²) in [5.41, 5.74) is 0. The van der Waals surface area contributed by atoms with Crippen molar-refractivity contribution >= 4 is 15.9 Å². The van der Waals surface area contributed by atoms with Gasteiger partial charge in [0.25, 0.3) is 0 Å². The lowest BCUT2D eigenvalue weighted by Crippen LogP contribution is -2.46. The van der Waals surface area contributed by atoms with Crippen LogP contribution < -0.4 is 9.47 Å². The van der Waals surface area contributed by atoms with Gasteiger partial charge in [0.2, 0.25) is 15.9 Å². The highest BCUT2D eigenvalue weighted by Gasteiger charge is 2.34. The van der Waals surface area contributed by atoms with Gasteiger partial charge in [0.1, 0.15) is 17.2 Å². The molecule has 4 rings (SSSR count). The molecule has 0 radical (unpaired) electrons. The Labute approximate surface area is 202 Å². The largest absolute Gasteiger partial charge is 0.494 e. The van der Waals surface area contributed by atoms with Crippen LogP contribution in [0.2, 0.25) is 0 Å². The van der Waals surface area contributed by atoms with E-state index in [0.717, 1.165) is 31.7 Å². The molecule has 2 aliphatic heterocycles. The summed E-state index contributed by atoms with van der Waals surface area (Å²) in [6.45, 7) is 7.14. The van der Waals surface area contributed by atoms with Crippen LogP contribution in [0.3, 0.4) is 0 Å². The van der Waals surface area contributed by atoms with E-state index in [4.69, 9.17) is 9.47 Å². The van der Waals surface area contributed by atoms with Crippen molar-refractivity contribution in [1.29, 1.82) is 0 Å².